The summed E-state index contributed by atoms with van der Waals surface area (Å²) in [6.45, 7) is 0.00000500. The Hall–Kier alpha value is -4.20. The molecule has 1 aromatic carbocycles. The summed E-state index contributed by atoms with van der Waals surface area (Å²) < 4.78 is 10.6. The Morgan fingerprint density at radius 2 is 2.18 bits per heavy atom. The Morgan fingerprint density at radius 3 is 2.79 bits per heavy atom. The molecule has 0 saturated heterocycles. The minimum Gasteiger partial charge on any atom is -0.378 e. The fourth-order valence-electron chi connectivity index (χ4n) is 2.16. The number of benzene rings is 1. The number of ether oxygens (including phenoxy) is 1. The van der Waals surface area contributed by atoms with Crippen molar-refractivity contribution in [2.45, 2.75) is 6.61 Å². The van der Waals surface area contributed by atoms with Gasteiger partial charge in [-0.1, -0.05) is 5.21 Å². The van der Waals surface area contributed by atoms with Crippen LogP contribution in [0.5, 0.6) is 0 Å². The summed E-state index contributed by atoms with van der Waals surface area (Å²) in [6, 6.07) is 5.60. The van der Waals surface area contributed by atoms with Gasteiger partial charge in [0.05, 0.1) is 17.7 Å². The van der Waals surface area contributed by atoms with E-state index in [-0.39, 0.29) is 35.3 Å². The summed E-state index contributed by atoms with van der Waals surface area (Å²) in [4.78, 5) is 22.7. The molecule has 0 aliphatic heterocycles. The molecule has 3 aromatic rings. The number of nitrogen functional groups attached to an aromatic ring is 1. The van der Waals surface area contributed by atoms with E-state index in [1.54, 1.807) is 0 Å². The lowest BCUT2D eigenvalue weighted by Crippen LogP contribution is -2.23. The third-order valence-electron chi connectivity index (χ3n) is 3.42. The lowest BCUT2D eigenvalue weighted by molar-refractivity contribution is -0.384. The molecule has 144 valence electrons. The van der Waals surface area contributed by atoms with Gasteiger partial charge in [-0.15, -0.1) is 5.10 Å². The lowest BCUT2D eigenvalue weighted by atomic mass is 10.2. The first-order chi connectivity index (χ1) is 13.5. The molecule has 1 amide bonds. The van der Waals surface area contributed by atoms with Crippen LogP contribution in [0.3, 0.4) is 0 Å². The first-order valence-corrected chi connectivity index (χ1v) is 7.61. The Morgan fingerprint density at radius 1 is 1.43 bits per heavy atom. The van der Waals surface area contributed by atoms with Crippen molar-refractivity contribution in [3.8, 4) is 5.82 Å². The van der Waals surface area contributed by atoms with E-state index < -0.39 is 10.8 Å². The fraction of sp³-hybridized carbons (Fsp3) is 0.143. The number of nitro benzene ring substituents is 1. The van der Waals surface area contributed by atoms with Gasteiger partial charge in [0.1, 0.15) is 5.69 Å². The molecule has 0 spiro atoms. The maximum absolute atomic E-state index is 12.6. The summed E-state index contributed by atoms with van der Waals surface area (Å²) in [5.74, 6) is -0.769. The number of methoxy groups -OCH3 is 1. The Balaban J connectivity index is 1.80. The van der Waals surface area contributed by atoms with Crippen molar-refractivity contribution < 1.29 is 19.1 Å². The average Bonchev–Trinajstić information content (AvgIpc) is 3.28. The molecule has 3 rings (SSSR count). The van der Waals surface area contributed by atoms with Gasteiger partial charge in [0, 0.05) is 19.2 Å². The number of nitrogens with two attached hydrogens (primary N) is 1. The number of nitrogens with zero attached hydrogens (tertiary/aromatic N) is 7. The van der Waals surface area contributed by atoms with Crippen LogP contribution in [0.1, 0.15) is 21.7 Å². The topological polar surface area (TPSA) is 189 Å². The van der Waals surface area contributed by atoms with E-state index in [0.717, 1.165) is 4.68 Å². The lowest BCUT2D eigenvalue weighted by Gasteiger charge is -2.04. The number of anilines is 1. The minimum atomic E-state index is -0.669. The van der Waals surface area contributed by atoms with Gasteiger partial charge < -0.3 is 10.5 Å². The predicted molar refractivity (Wildman–Crippen MR) is 92.5 cm³/mol. The van der Waals surface area contributed by atoms with E-state index in [1.807, 2.05) is 0 Å². The molecular weight excluding hydrogens is 374 g/mol. The van der Waals surface area contributed by atoms with Crippen LogP contribution in [0.2, 0.25) is 0 Å². The molecule has 0 atom stereocenters. The molecule has 2 aromatic heterocycles. The Labute approximate surface area is 156 Å². The molecule has 0 saturated carbocycles. The van der Waals surface area contributed by atoms with Crippen LogP contribution in [0.4, 0.5) is 11.5 Å². The third kappa shape index (κ3) is 3.80. The van der Waals surface area contributed by atoms with Gasteiger partial charge in [0.2, 0.25) is 11.6 Å². The smallest absolute Gasteiger partial charge is 0.292 e. The van der Waals surface area contributed by atoms with Crippen molar-refractivity contribution in [2.75, 3.05) is 12.8 Å². The quantitative estimate of drug-likeness (QED) is 0.318. The summed E-state index contributed by atoms with van der Waals surface area (Å²) in [5.41, 5.74) is 8.63. The summed E-state index contributed by atoms with van der Waals surface area (Å²) in [5, 5.41) is 29.2. The van der Waals surface area contributed by atoms with Gasteiger partial charge in [0.15, 0.2) is 5.69 Å². The van der Waals surface area contributed by atoms with Crippen molar-refractivity contribution in [1.82, 2.24) is 30.7 Å². The number of carbonyl (C=O) groups is 1. The average molecular weight is 387 g/mol. The highest BCUT2D eigenvalue weighted by atomic mass is 16.6. The van der Waals surface area contributed by atoms with E-state index >= 15 is 0 Å². The number of nitrogens with one attached hydrogen (secondary N) is 1. The van der Waals surface area contributed by atoms with Gasteiger partial charge >= 0.3 is 0 Å². The molecule has 28 heavy (non-hydrogen) atoms. The minimum absolute atomic E-state index is 0.00000500. The highest BCUT2D eigenvalue weighted by Crippen LogP contribution is 2.16. The van der Waals surface area contributed by atoms with Crippen LogP contribution in [0.25, 0.3) is 5.82 Å². The highest BCUT2D eigenvalue weighted by molar-refractivity contribution is 5.95. The van der Waals surface area contributed by atoms with Crippen LogP contribution in [-0.2, 0) is 11.3 Å². The van der Waals surface area contributed by atoms with Crippen molar-refractivity contribution >= 4 is 23.6 Å². The fourth-order valence-corrected chi connectivity index (χ4v) is 2.16. The van der Waals surface area contributed by atoms with Crippen LogP contribution < -0.4 is 11.2 Å². The summed E-state index contributed by atoms with van der Waals surface area (Å²) in [6.07, 6.45) is 1.32. The largest absolute Gasteiger partial charge is 0.378 e. The Bertz CT molecular complexity index is 1020. The number of amides is 1. The van der Waals surface area contributed by atoms with E-state index in [1.165, 1.54) is 37.6 Å². The maximum Gasteiger partial charge on any atom is 0.292 e. The SMILES string of the molecule is COCc1nnn(-c2nonc2N)c1C(=O)N/N=C\c1ccc([N+](=O)[O-])cc1. The summed E-state index contributed by atoms with van der Waals surface area (Å²) >= 11 is 0. The molecule has 0 aliphatic rings. The van der Waals surface area contributed by atoms with Gasteiger partial charge in [-0.05, 0) is 28.0 Å². The number of hydrogen-bond donors (Lipinski definition) is 2. The van der Waals surface area contributed by atoms with Gasteiger partial charge in [-0.2, -0.15) is 9.78 Å². The molecule has 0 fully saturated rings. The molecule has 14 nitrogen and oxygen atoms in total. The molecule has 0 bridgehead atoms. The van der Waals surface area contributed by atoms with E-state index in [9.17, 15) is 14.9 Å². The van der Waals surface area contributed by atoms with Gasteiger partial charge in [-0.25, -0.2) is 10.1 Å². The number of non-ortho nitro benzene ring substituents is 1. The summed E-state index contributed by atoms with van der Waals surface area (Å²) in [7, 11) is 1.43. The first-order valence-electron chi connectivity index (χ1n) is 7.61. The molecule has 3 N–H and O–H groups in total. The zero-order valence-electron chi connectivity index (χ0n) is 14.3. The number of hydrogen-bond acceptors (Lipinski definition) is 11. The standard InChI is InChI=1S/C14H13N9O5/c1-27-7-10-11(22(21-17-10)13-12(15)19-28-20-13)14(24)18-16-6-8-2-4-9(5-3-8)23(25)26/h2-6H,7H2,1H3,(H2,15,19)(H,18,24)/b16-6-. The second-order valence-electron chi connectivity index (χ2n) is 5.25. The zero-order chi connectivity index (χ0) is 20.1. The van der Waals surface area contributed by atoms with E-state index in [4.69, 9.17) is 10.5 Å². The van der Waals surface area contributed by atoms with E-state index in [2.05, 4.69) is 35.8 Å². The Kier molecular flexibility index (Phi) is 5.31. The highest BCUT2D eigenvalue weighted by Gasteiger charge is 2.24. The molecule has 14 heteroatoms. The van der Waals surface area contributed by atoms with Crippen LogP contribution in [-0.4, -0.2) is 49.5 Å². The monoisotopic (exact) mass is 387 g/mol. The van der Waals surface area contributed by atoms with Crippen molar-refractivity contribution in [2.24, 2.45) is 5.10 Å². The van der Waals surface area contributed by atoms with Crippen molar-refractivity contribution in [3.63, 3.8) is 0 Å². The zero-order valence-corrected chi connectivity index (χ0v) is 14.3. The van der Waals surface area contributed by atoms with Crippen LogP contribution in [0.15, 0.2) is 34.0 Å². The van der Waals surface area contributed by atoms with E-state index in [0.29, 0.717) is 5.56 Å². The molecule has 0 unspecified atom stereocenters. The van der Waals surface area contributed by atoms with Crippen LogP contribution in [0, 0.1) is 10.1 Å². The molecule has 2 heterocycles. The van der Waals surface area contributed by atoms with Gasteiger partial charge in [0.25, 0.3) is 11.6 Å². The third-order valence-corrected chi connectivity index (χ3v) is 3.42. The normalized spacial score (nSPS) is 11.0. The van der Waals surface area contributed by atoms with Crippen LogP contribution >= 0.6 is 0 Å². The number of carbonyl (C=O) groups excluding carboxylic acids is 1. The van der Waals surface area contributed by atoms with Crippen molar-refractivity contribution in [3.05, 3.63) is 51.3 Å². The second-order valence-corrected chi connectivity index (χ2v) is 5.25. The number of hydrazone groups is 1. The molecule has 0 radical (unpaired) electrons. The van der Waals surface area contributed by atoms with Gasteiger partial charge in [-0.3, -0.25) is 14.9 Å². The predicted octanol–water partition coefficient (Wildman–Crippen LogP) is 0.0510. The molecular formula is C14H13N9O5. The first kappa shape index (κ1) is 18.6. The molecule has 0 aliphatic carbocycles. The second kappa shape index (κ2) is 8.00. The maximum atomic E-state index is 12.6. The number of aromatic nitrogens is 5. The number of nitro groups is 1. The van der Waals surface area contributed by atoms with Crippen molar-refractivity contribution in [1.29, 1.82) is 0 Å². The number of rotatable bonds is 7.